The number of likely N-dealkylation sites (N-methyl/N-ethyl adjacent to an activating group) is 1. The van der Waals surface area contributed by atoms with Crippen LogP contribution in [0.4, 0.5) is 4.39 Å². The minimum absolute atomic E-state index is 0.222. The third-order valence-corrected chi connectivity index (χ3v) is 8.16. The van der Waals surface area contributed by atoms with E-state index in [1.807, 2.05) is 23.3 Å². The van der Waals surface area contributed by atoms with Crippen LogP contribution in [0.5, 0.6) is 5.75 Å². The molecule has 0 aromatic heterocycles. The molecule has 9 heteroatoms. The van der Waals surface area contributed by atoms with Gasteiger partial charge in [0.2, 0.25) is 16.1 Å². The van der Waals surface area contributed by atoms with Crippen molar-refractivity contribution in [2.45, 2.75) is 31.9 Å². The molecule has 30 heavy (non-hydrogen) atoms. The fourth-order valence-corrected chi connectivity index (χ4v) is 5.55. The van der Waals surface area contributed by atoms with Gasteiger partial charge in [0.25, 0.3) is 0 Å². The van der Waals surface area contributed by atoms with E-state index in [1.165, 1.54) is 0 Å². The van der Waals surface area contributed by atoms with Crippen molar-refractivity contribution in [1.82, 2.24) is 9.21 Å². The number of sulfonamides is 1. The van der Waals surface area contributed by atoms with Crippen LogP contribution in [0.2, 0.25) is 0 Å². The molecule has 166 valence electrons. The molecule has 1 aliphatic heterocycles. The van der Waals surface area contributed by atoms with E-state index in [1.54, 1.807) is 47.6 Å². The predicted octanol–water partition coefficient (Wildman–Crippen LogP) is 4.23. The Morgan fingerprint density at radius 3 is 2.53 bits per heavy atom. The van der Waals surface area contributed by atoms with Crippen molar-refractivity contribution < 1.29 is 17.5 Å². The van der Waals surface area contributed by atoms with Crippen LogP contribution in [0.1, 0.15) is 25.3 Å². The third-order valence-electron chi connectivity index (χ3n) is 5.19. The van der Waals surface area contributed by atoms with Gasteiger partial charge in [0.1, 0.15) is 5.75 Å². The van der Waals surface area contributed by atoms with Crippen LogP contribution >= 0.6 is 18.5 Å². The van der Waals surface area contributed by atoms with Gasteiger partial charge in [-0.3, -0.25) is 0 Å². The number of alkyl halides is 1. The Morgan fingerprint density at radius 2 is 2.00 bits per heavy atom. The second-order valence-electron chi connectivity index (χ2n) is 7.43. The monoisotopic (exact) mass is 472 g/mol. The average molecular weight is 473 g/mol. The van der Waals surface area contributed by atoms with Gasteiger partial charge in [0.05, 0.1) is 4.91 Å². The minimum Gasteiger partial charge on any atom is -0.457 e. The molecule has 0 radical (unpaired) electrons. The molecule has 0 bridgehead atoms. The lowest BCUT2D eigenvalue weighted by molar-refractivity contribution is 0.153. The number of hydrogen-bond acceptors (Lipinski definition) is 4. The Labute approximate surface area is 184 Å². The molecule has 1 aliphatic rings. The molecule has 0 spiro atoms. The van der Waals surface area contributed by atoms with Gasteiger partial charge in [-0.2, -0.15) is 8.70 Å². The van der Waals surface area contributed by atoms with E-state index in [9.17, 15) is 12.8 Å². The number of piperidine rings is 1. The SMILES string of the molecule is C=C/C(=C\C(P)=C(/C)S(=O)(=O)N1CCCC(N(C)C)C1)c1ccc(OC(F)P)cc1. The second kappa shape index (κ2) is 11.0. The van der Waals surface area contributed by atoms with Crippen LogP contribution in [0.3, 0.4) is 0 Å². The molecule has 5 nitrogen and oxygen atoms in total. The van der Waals surface area contributed by atoms with Gasteiger partial charge < -0.3 is 9.64 Å². The van der Waals surface area contributed by atoms with Crippen molar-refractivity contribution >= 4 is 34.1 Å². The lowest BCUT2D eigenvalue weighted by atomic mass is 10.1. The molecule has 0 N–H and O–H groups in total. The van der Waals surface area contributed by atoms with Crippen LogP contribution in [-0.2, 0) is 10.0 Å². The fraction of sp³-hybridized carbons (Fsp3) is 0.429. The van der Waals surface area contributed by atoms with Crippen molar-refractivity contribution in [2.75, 3.05) is 27.2 Å². The Hall–Kier alpha value is -1.10. The summed E-state index contributed by atoms with van der Waals surface area (Å²) in [6.07, 6.45) is 3.81. The fourth-order valence-electron chi connectivity index (χ4n) is 3.29. The Kier molecular flexibility index (Phi) is 9.20. The molecular weight excluding hydrogens is 441 g/mol. The Balaban J connectivity index is 2.29. The molecule has 1 aromatic carbocycles. The van der Waals surface area contributed by atoms with Gasteiger partial charge in [-0.25, -0.2) is 8.42 Å². The number of halogens is 1. The highest BCUT2D eigenvalue weighted by Gasteiger charge is 2.31. The van der Waals surface area contributed by atoms with Crippen LogP contribution in [0.25, 0.3) is 5.57 Å². The van der Waals surface area contributed by atoms with Crippen molar-refractivity contribution in [3.63, 3.8) is 0 Å². The Bertz CT molecular complexity index is 913. The quantitative estimate of drug-likeness (QED) is 0.420. The van der Waals surface area contributed by atoms with Gasteiger partial charge in [-0.05, 0) is 68.5 Å². The van der Waals surface area contributed by atoms with E-state index in [0.717, 1.165) is 24.0 Å². The molecule has 4 unspecified atom stereocenters. The van der Waals surface area contributed by atoms with Crippen LogP contribution in [-0.4, -0.2) is 56.9 Å². The highest BCUT2D eigenvalue weighted by atomic mass is 32.2. The van der Waals surface area contributed by atoms with E-state index < -0.39 is 16.1 Å². The van der Waals surface area contributed by atoms with Gasteiger partial charge in [-0.15, -0.1) is 9.24 Å². The Morgan fingerprint density at radius 1 is 1.37 bits per heavy atom. The summed E-state index contributed by atoms with van der Waals surface area (Å²) in [6.45, 7) is 6.50. The summed E-state index contributed by atoms with van der Waals surface area (Å²) in [5.74, 6) is 0.408. The second-order valence-corrected chi connectivity index (χ2v) is 10.7. The van der Waals surface area contributed by atoms with Crippen molar-refractivity contribution in [1.29, 1.82) is 0 Å². The first-order chi connectivity index (χ1) is 14.1. The predicted molar refractivity (Wildman–Crippen MR) is 129 cm³/mol. The van der Waals surface area contributed by atoms with Crippen LogP contribution in [0, 0.1) is 0 Å². The summed E-state index contributed by atoms with van der Waals surface area (Å²) in [4.78, 5) is 2.38. The van der Waals surface area contributed by atoms with E-state index in [2.05, 4.69) is 20.7 Å². The van der Waals surface area contributed by atoms with E-state index in [4.69, 9.17) is 4.74 Å². The lowest BCUT2D eigenvalue weighted by Crippen LogP contribution is -2.47. The lowest BCUT2D eigenvalue weighted by Gasteiger charge is -2.35. The van der Waals surface area contributed by atoms with E-state index in [-0.39, 0.29) is 6.04 Å². The zero-order valence-electron chi connectivity index (χ0n) is 17.7. The summed E-state index contributed by atoms with van der Waals surface area (Å²) in [7, 11) is 4.85. The van der Waals surface area contributed by atoms with E-state index in [0.29, 0.717) is 29.1 Å². The zero-order chi connectivity index (χ0) is 22.5. The maximum Gasteiger partial charge on any atom is 0.249 e. The summed E-state index contributed by atoms with van der Waals surface area (Å²) < 4.78 is 45.9. The van der Waals surface area contributed by atoms with E-state index >= 15 is 0 Å². The zero-order valence-corrected chi connectivity index (χ0v) is 20.8. The summed E-state index contributed by atoms with van der Waals surface area (Å²) >= 11 is 0. The normalized spacial score (nSPS) is 20.6. The maximum absolute atomic E-state index is 13.2. The number of allylic oxidation sites excluding steroid dienone is 5. The molecule has 0 amide bonds. The van der Waals surface area contributed by atoms with Gasteiger partial charge in [0.15, 0.2) is 0 Å². The molecule has 2 rings (SSSR count). The molecule has 1 aromatic rings. The third kappa shape index (κ3) is 6.45. The van der Waals surface area contributed by atoms with Crippen molar-refractivity contribution in [3.8, 4) is 5.75 Å². The first kappa shape index (κ1) is 25.2. The topological polar surface area (TPSA) is 49.9 Å². The van der Waals surface area contributed by atoms with Crippen LogP contribution < -0.4 is 4.74 Å². The maximum atomic E-state index is 13.2. The minimum atomic E-state index is -3.56. The van der Waals surface area contributed by atoms with Crippen molar-refractivity contribution in [3.05, 3.63) is 58.8 Å². The molecule has 1 heterocycles. The smallest absolute Gasteiger partial charge is 0.249 e. The number of rotatable bonds is 8. The van der Waals surface area contributed by atoms with Gasteiger partial charge >= 0.3 is 0 Å². The average Bonchev–Trinajstić information content (AvgIpc) is 2.71. The van der Waals surface area contributed by atoms with Crippen molar-refractivity contribution in [2.24, 2.45) is 0 Å². The van der Waals surface area contributed by atoms with Crippen LogP contribution in [0.15, 0.2) is 53.2 Å². The largest absolute Gasteiger partial charge is 0.457 e. The molecular formula is C21H31FN2O3P2S. The first-order valence-corrected chi connectivity index (χ1v) is 12.4. The summed E-state index contributed by atoms with van der Waals surface area (Å²) in [6, 6.07) is 7.11. The molecule has 0 saturated carbocycles. The van der Waals surface area contributed by atoms with Gasteiger partial charge in [0, 0.05) is 19.1 Å². The summed E-state index contributed by atoms with van der Waals surface area (Å²) in [5, 5.41) is 0.575. The standard InChI is InChI=1S/C21H31FN2O3P2S/c1-5-16(17-8-10-19(11-9-17)27-21(22)29)13-20(28)15(2)30(25,26)24-12-6-7-18(14-24)23(3)4/h5,8-11,13,18,21H,1,6-7,12,14,28-29H2,2-4H3/b16-13+,20-15-. The highest BCUT2D eigenvalue weighted by molar-refractivity contribution is 7.93. The highest BCUT2D eigenvalue weighted by Crippen LogP contribution is 2.29. The number of ether oxygens (including phenoxy) is 1. The molecule has 1 saturated heterocycles. The number of nitrogens with zero attached hydrogens (tertiary/aromatic N) is 2. The number of benzene rings is 1. The first-order valence-electron chi connectivity index (χ1n) is 9.70. The molecule has 4 atom stereocenters. The number of hydrogen-bond donors (Lipinski definition) is 0. The summed E-state index contributed by atoms with van der Waals surface area (Å²) in [5.41, 5.74) is 1.58. The molecule has 0 aliphatic carbocycles. The molecule has 1 fully saturated rings. The van der Waals surface area contributed by atoms with Gasteiger partial charge in [-0.1, -0.05) is 34.0 Å².